The van der Waals surface area contributed by atoms with Gasteiger partial charge in [0.1, 0.15) is 6.54 Å². The van der Waals surface area contributed by atoms with Crippen molar-refractivity contribution in [2.45, 2.75) is 25.2 Å². The van der Waals surface area contributed by atoms with Gasteiger partial charge in [-0.1, -0.05) is 36.0 Å². The maximum absolute atomic E-state index is 13.4. The highest BCUT2D eigenvalue weighted by Crippen LogP contribution is 2.25. The Morgan fingerprint density at radius 1 is 1.09 bits per heavy atom. The molecule has 0 spiro atoms. The molecule has 4 aromatic rings. The Balaban J connectivity index is 1.83. The average molecular weight is 461 g/mol. The van der Waals surface area contributed by atoms with Crippen LogP contribution in [0.3, 0.4) is 0 Å². The van der Waals surface area contributed by atoms with Gasteiger partial charge in [0, 0.05) is 0 Å². The number of para-hydroxylation sites is 1. The van der Waals surface area contributed by atoms with E-state index in [1.165, 1.54) is 4.57 Å². The molecule has 0 saturated carbocycles. The summed E-state index contributed by atoms with van der Waals surface area (Å²) in [5, 5.41) is 10.8. The SMILES string of the molecule is Cc1cccc(-n2c(=O)c3ccccc3n3c(SCC(=O)NCC(F)(F)F)nnc23)c1C. The number of rotatable bonds is 5. The van der Waals surface area contributed by atoms with Crippen molar-refractivity contribution in [2.75, 3.05) is 12.3 Å². The van der Waals surface area contributed by atoms with Gasteiger partial charge in [0.15, 0.2) is 5.16 Å². The number of aromatic nitrogens is 4. The second-order valence-corrected chi connectivity index (χ2v) is 8.12. The molecule has 1 N–H and O–H groups in total. The summed E-state index contributed by atoms with van der Waals surface area (Å²) in [5.41, 5.74) is 2.82. The molecule has 11 heteroatoms. The molecule has 2 aromatic carbocycles. The number of fused-ring (bicyclic) bond motifs is 3. The molecule has 0 unspecified atom stereocenters. The van der Waals surface area contributed by atoms with Crippen molar-refractivity contribution in [1.82, 2.24) is 24.5 Å². The second kappa shape index (κ2) is 8.30. The van der Waals surface area contributed by atoms with Gasteiger partial charge in [0.2, 0.25) is 11.7 Å². The van der Waals surface area contributed by atoms with E-state index in [1.54, 1.807) is 28.7 Å². The summed E-state index contributed by atoms with van der Waals surface area (Å²) in [6.45, 7) is 2.44. The van der Waals surface area contributed by atoms with Gasteiger partial charge in [-0.05, 0) is 43.2 Å². The third-order valence-electron chi connectivity index (χ3n) is 5.03. The largest absolute Gasteiger partial charge is 0.405 e. The average Bonchev–Trinajstić information content (AvgIpc) is 3.17. The topological polar surface area (TPSA) is 81.3 Å². The van der Waals surface area contributed by atoms with Gasteiger partial charge >= 0.3 is 6.18 Å². The Kier molecular flexibility index (Phi) is 5.68. The van der Waals surface area contributed by atoms with E-state index in [9.17, 15) is 22.8 Å². The molecule has 166 valence electrons. The standard InChI is InChI=1S/C21H18F3N5O2S/c1-12-6-5-9-15(13(12)2)28-18(31)14-7-3-4-8-16(14)29-19(28)26-27-20(29)32-10-17(30)25-11-21(22,23)24/h3-9H,10-11H2,1-2H3,(H,25,30). The number of carbonyl (C=O) groups excluding carboxylic acids is 1. The fraction of sp³-hybridized carbons (Fsp3) is 0.238. The van der Waals surface area contributed by atoms with Gasteiger partial charge in [-0.25, -0.2) is 4.57 Å². The number of hydrogen-bond acceptors (Lipinski definition) is 5. The van der Waals surface area contributed by atoms with Crippen molar-refractivity contribution in [1.29, 1.82) is 0 Å². The molecule has 0 bridgehead atoms. The third kappa shape index (κ3) is 4.07. The molecule has 7 nitrogen and oxygen atoms in total. The normalized spacial score (nSPS) is 11.9. The second-order valence-electron chi connectivity index (χ2n) is 7.18. The van der Waals surface area contributed by atoms with Gasteiger partial charge in [-0.15, -0.1) is 10.2 Å². The smallest absolute Gasteiger partial charge is 0.346 e. The fourth-order valence-corrected chi connectivity index (χ4v) is 4.12. The van der Waals surface area contributed by atoms with E-state index in [1.807, 2.05) is 37.4 Å². The minimum atomic E-state index is -4.49. The van der Waals surface area contributed by atoms with Gasteiger partial charge in [-0.3, -0.25) is 14.0 Å². The van der Waals surface area contributed by atoms with Crippen LogP contribution in [0.5, 0.6) is 0 Å². The highest BCUT2D eigenvalue weighted by molar-refractivity contribution is 7.99. The first kappa shape index (κ1) is 21.9. The van der Waals surface area contributed by atoms with Crippen molar-refractivity contribution in [3.63, 3.8) is 0 Å². The molecule has 2 aromatic heterocycles. The molecular formula is C21H18F3N5O2S. The van der Waals surface area contributed by atoms with Gasteiger partial charge in [0.25, 0.3) is 5.56 Å². The van der Waals surface area contributed by atoms with Crippen molar-refractivity contribution in [2.24, 2.45) is 0 Å². The van der Waals surface area contributed by atoms with Gasteiger partial charge < -0.3 is 5.32 Å². The highest BCUT2D eigenvalue weighted by Gasteiger charge is 2.28. The minimum Gasteiger partial charge on any atom is -0.346 e. The maximum atomic E-state index is 13.4. The molecule has 1 amide bonds. The lowest BCUT2D eigenvalue weighted by atomic mass is 10.1. The number of alkyl halides is 3. The van der Waals surface area contributed by atoms with E-state index >= 15 is 0 Å². The van der Waals surface area contributed by atoms with Crippen molar-refractivity contribution >= 4 is 34.3 Å². The molecule has 0 atom stereocenters. The van der Waals surface area contributed by atoms with E-state index in [0.717, 1.165) is 22.9 Å². The Bertz CT molecular complexity index is 1390. The lowest BCUT2D eigenvalue weighted by Crippen LogP contribution is -2.34. The summed E-state index contributed by atoms with van der Waals surface area (Å²) in [6, 6.07) is 12.5. The molecule has 2 heterocycles. The van der Waals surface area contributed by atoms with E-state index in [2.05, 4.69) is 10.2 Å². The highest BCUT2D eigenvalue weighted by atomic mass is 32.2. The predicted molar refractivity (Wildman–Crippen MR) is 115 cm³/mol. The lowest BCUT2D eigenvalue weighted by Gasteiger charge is -2.14. The number of aryl methyl sites for hydroxylation is 1. The van der Waals surface area contributed by atoms with Crippen LogP contribution in [0.2, 0.25) is 0 Å². The van der Waals surface area contributed by atoms with Crippen LogP contribution in [0.1, 0.15) is 11.1 Å². The number of halogens is 3. The van der Waals surface area contributed by atoms with Crippen molar-refractivity contribution in [3.05, 3.63) is 63.9 Å². The Labute approximate surface area is 184 Å². The zero-order chi connectivity index (χ0) is 23.0. The zero-order valence-electron chi connectivity index (χ0n) is 17.1. The van der Waals surface area contributed by atoms with Gasteiger partial charge in [-0.2, -0.15) is 13.2 Å². The first-order valence-electron chi connectivity index (χ1n) is 9.59. The monoisotopic (exact) mass is 461 g/mol. The molecule has 0 radical (unpaired) electrons. The Hall–Kier alpha value is -3.34. The molecule has 0 aliphatic heterocycles. The lowest BCUT2D eigenvalue weighted by molar-refractivity contribution is -0.136. The molecule has 0 aliphatic rings. The van der Waals surface area contributed by atoms with Crippen LogP contribution in [0.4, 0.5) is 13.2 Å². The molecule has 32 heavy (non-hydrogen) atoms. The summed E-state index contributed by atoms with van der Waals surface area (Å²) >= 11 is 0.942. The molecule has 0 saturated heterocycles. The first-order valence-corrected chi connectivity index (χ1v) is 10.6. The van der Waals surface area contributed by atoms with E-state index in [0.29, 0.717) is 16.6 Å². The van der Waals surface area contributed by atoms with Crippen LogP contribution in [-0.4, -0.2) is 43.5 Å². The van der Waals surface area contributed by atoms with Crippen LogP contribution >= 0.6 is 11.8 Å². The predicted octanol–water partition coefficient (Wildman–Crippen LogP) is 3.42. The zero-order valence-corrected chi connectivity index (χ0v) is 17.9. The maximum Gasteiger partial charge on any atom is 0.405 e. The Morgan fingerprint density at radius 2 is 1.84 bits per heavy atom. The quantitative estimate of drug-likeness (QED) is 0.461. The number of nitrogens with one attached hydrogen (secondary N) is 1. The van der Waals surface area contributed by atoms with E-state index < -0.39 is 18.6 Å². The minimum absolute atomic E-state index is 0.251. The van der Waals surface area contributed by atoms with Crippen LogP contribution in [-0.2, 0) is 4.79 Å². The van der Waals surface area contributed by atoms with Crippen molar-refractivity contribution in [3.8, 4) is 5.69 Å². The van der Waals surface area contributed by atoms with Crippen LogP contribution < -0.4 is 10.9 Å². The Morgan fingerprint density at radius 3 is 2.59 bits per heavy atom. The number of amides is 1. The summed E-state index contributed by atoms with van der Waals surface area (Å²) in [5.74, 6) is -0.815. The number of carbonyl (C=O) groups is 1. The summed E-state index contributed by atoms with van der Waals surface area (Å²) < 4.78 is 40.1. The molecule has 4 rings (SSSR count). The summed E-state index contributed by atoms with van der Waals surface area (Å²) in [4.78, 5) is 25.2. The summed E-state index contributed by atoms with van der Waals surface area (Å²) in [7, 11) is 0. The number of benzene rings is 2. The number of nitrogens with zero attached hydrogens (tertiary/aromatic N) is 4. The van der Waals surface area contributed by atoms with E-state index in [4.69, 9.17) is 0 Å². The van der Waals surface area contributed by atoms with Crippen LogP contribution in [0.25, 0.3) is 22.4 Å². The summed E-state index contributed by atoms with van der Waals surface area (Å²) in [6.07, 6.45) is -4.49. The number of hydrogen-bond donors (Lipinski definition) is 1. The van der Waals surface area contributed by atoms with Crippen LogP contribution in [0.15, 0.2) is 52.4 Å². The van der Waals surface area contributed by atoms with E-state index in [-0.39, 0.29) is 22.2 Å². The van der Waals surface area contributed by atoms with Crippen molar-refractivity contribution < 1.29 is 18.0 Å². The third-order valence-corrected chi connectivity index (χ3v) is 5.96. The van der Waals surface area contributed by atoms with Gasteiger partial charge in [0.05, 0.1) is 22.3 Å². The first-order chi connectivity index (χ1) is 15.2. The van der Waals surface area contributed by atoms with Crippen LogP contribution in [0, 0.1) is 13.8 Å². The molecule has 0 aliphatic carbocycles. The molecule has 0 fully saturated rings. The number of thioether (sulfide) groups is 1. The fourth-order valence-electron chi connectivity index (χ4n) is 3.35. The molecular weight excluding hydrogens is 443 g/mol.